The van der Waals surface area contributed by atoms with Crippen molar-refractivity contribution < 1.29 is 4.79 Å². The number of carbonyl (C=O) groups is 1. The average Bonchev–Trinajstić information content (AvgIpc) is 2.13. The second kappa shape index (κ2) is 6.08. The maximum Gasteiger partial charge on any atom is 0.226 e. The minimum Gasteiger partial charge on any atom is -0.353 e. The van der Waals surface area contributed by atoms with Crippen LogP contribution in [0.3, 0.4) is 0 Å². The SMILES string of the molecule is CC(C)CC1CC(C)CC(C)(C(=O)NC(C)C)C1. The molecule has 1 fully saturated rings. The van der Waals surface area contributed by atoms with Crippen molar-refractivity contribution in [3.63, 3.8) is 0 Å². The Hall–Kier alpha value is -0.530. The lowest BCUT2D eigenvalue weighted by molar-refractivity contribution is -0.134. The summed E-state index contributed by atoms with van der Waals surface area (Å²) in [5.41, 5.74) is -0.151. The molecule has 1 aliphatic carbocycles. The molecule has 3 atom stereocenters. The van der Waals surface area contributed by atoms with E-state index >= 15 is 0 Å². The van der Waals surface area contributed by atoms with Crippen LogP contribution in [-0.4, -0.2) is 11.9 Å². The summed E-state index contributed by atoms with van der Waals surface area (Å²) >= 11 is 0. The molecular formula is C16H31NO. The van der Waals surface area contributed by atoms with E-state index < -0.39 is 0 Å². The molecule has 0 radical (unpaired) electrons. The first-order valence-corrected chi connectivity index (χ1v) is 7.54. The summed E-state index contributed by atoms with van der Waals surface area (Å²) in [6.45, 7) is 13.1. The monoisotopic (exact) mass is 253 g/mol. The lowest BCUT2D eigenvalue weighted by atomic mass is 9.65. The summed E-state index contributed by atoms with van der Waals surface area (Å²) in [6.07, 6.45) is 4.66. The molecular weight excluding hydrogens is 222 g/mol. The molecule has 1 rings (SSSR count). The van der Waals surface area contributed by atoms with E-state index in [4.69, 9.17) is 0 Å². The molecule has 1 aliphatic rings. The molecule has 1 amide bonds. The van der Waals surface area contributed by atoms with Crippen LogP contribution in [0, 0.1) is 23.2 Å². The maximum atomic E-state index is 12.4. The number of hydrogen-bond acceptors (Lipinski definition) is 1. The van der Waals surface area contributed by atoms with Gasteiger partial charge in [-0.25, -0.2) is 0 Å². The van der Waals surface area contributed by atoms with E-state index in [0.717, 1.165) is 24.7 Å². The van der Waals surface area contributed by atoms with E-state index in [1.54, 1.807) is 0 Å². The number of hydrogen-bond donors (Lipinski definition) is 1. The maximum absolute atomic E-state index is 12.4. The number of rotatable bonds is 4. The molecule has 2 nitrogen and oxygen atoms in total. The summed E-state index contributed by atoms with van der Waals surface area (Å²) < 4.78 is 0. The van der Waals surface area contributed by atoms with Gasteiger partial charge in [0.15, 0.2) is 0 Å². The summed E-state index contributed by atoms with van der Waals surface area (Å²) in [5, 5.41) is 3.11. The van der Waals surface area contributed by atoms with Crippen molar-refractivity contribution in [1.29, 1.82) is 0 Å². The van der Waals surface area contributed by atoms with E-state index in [1.807, 2.05) is 13.8 Å². The van der Waals surface area contributed by atoms with Crippen LogP contribution in [0.4, 0.5) is 0 Å². The lowest BCUT2D eigenvalue weighted by Crippen LogP contribution is -2.46. The zero-order valence-electron chi connectivity index (χ0n) is 13.0. The molecule has 0 saturated heterocycles. The van der Waals surface area contributed by atoms with Crippen molar-refractivity contribution in [1.82, 2.24) is 5.32 Å². The van der Waals surface area contributed by atoms with Gasteiger partial charge in [0, 0.05) is 11.5 Å². The first kappa shape index (κ1) is 15.5. The van der Waals surface area contributed by atoms with Crippen molar-refractivity contribution in [2.75, 3.05) is 0 Å². The molecule has 0 aliphatic heterocycles. The highest BCUT2D eigenvalue weighted by atomic mass is 16.2. The van der Waals surface area contributed by atoms with Gasteiger partial charge in [0.1, 0.15) is 0 Å². The first-order valence-electron chi connectivity index (χ1n) is 7.54. The van der Waals surface area contributed by atoms with Crippen LogP contribution in [0.2, 0.25) is 0 Å². The molecule has 0 heterocycles. The Kier molecular flexibility index (Phi) is 5.24. The molecule has 2 heteroatoms. The molecule has 106 valence electrons. The van der Waals surface area contributed by atoms with Gasteiger partial charge >= 0.3 is 0 Å². The van der Waals surface area contributed by atoms with E-state index in [2.05, 4.69) is 33.0 Å². The van der Waals surface area contributed by atoms with Gasteiger partial charge in [-0.15, -0.1) is 0 Å². The molecule has 18 heavy (non-hydrogen) atoms. The standard InChI is InChI=1S/C16H31NO/c1-11(2)7-14-8-13(5)9-16(6,10-14)15(18)17-12(3)4/h11-14H,7-10H2,1-6H3,(H,17,18). The van der Waals surface area contributed by atoms with Crippen molar-refractivity contribution in [2.24, 2.45) is 23.2 Å². The van der Waals surface area contributed by atoms with E-state index in [9.17, 15) is 4.79 Å². The summed E-state index contributed by atoms with van der Waals surface area (Å²) in [4.78, 5) is 12.4. The Morgan fingerprint density at radius 1 is 1.28 bits per heavy atom. The fourth-order valence-electron chi connectivity index (χ4n) is 3.69. The molecule has 0 spiro atoms. The van der Waals surface area contributed by atoms with E-state index in [1.165, 1.54) is 12.8 Å². The van der Waals surface area contributed by atoms with Crippen molar-refractivity contribution in [3.05, 3.63) is 0 Å². The van der Waals surface area contributed by atoms with Crippen LogP contribution in [0.1, 0.15) is 67.2 Å². The number of carbonyl (C=O) groups excluding carboxylic acids is 1. The van der Waals surface area contributed by atoms with Gasteiger partial charge in [-0.2, -0.15) is 0 Å². The minimum absolute atomic E-state index is 0.151. The van der Waals surface area contributed by atoms with Crippen LogP contribution in [0.5, 0.6) is 0 Å². The molecule has 0 aromatic rings. The highest BCUT2D eigenvalue weighted by molar-refractivity contribution is 5.82. The largest absolute Gasteiger partial charge is 0.353 e. The number of amides is 1. The fourth-order valence-corrected chi connectivity index (χ4v) is 3.69. The van der Waals surface area contributed by atoms with E-state index in [-0.39, 0.29) is 17.4 Å². The van der Waals surface area contributed by atoms with Crippen LogP contribution >= 0.6 is 0 Å². The highest BCUT2D eigenvalue weighted by Crippen LogP contribution is 2.44. The second-order valence-corrected chi connectivity index (χ2v) is 7.43. The van der Waals surface area contributed by atoms with Crippen LogP contribution in [-0.2, 0) is 4.79 Å². The Morgan fingerprint density at radius 2 is 1.89 bits per heavy atom. The summed E-state index contributed by atoms with van der Waals surface area (Å²) in [6, 6.07) is 0.245. The van der Waals surface area contributed by atoms with Gasteiger partial charge in [0.25, 0.3) is 0 Å². The van der Waals surface area contributed by atoms with Crippen molar-refractivity contribution >= 4 is 5.91 Å². The molecule has 0 aromatic heterocycles. The highest BCUT2D eigenvalue weighted by Gasteiger charge is 2.41. The van der Waals surface area contributed by atoms with Crippen LogP contribution in [0.15, 0.2) is 0 Å². The van der Waals surface area contributed by atoms with Gasteiger partial charge in [-0.1, -0.05) is 27.7 Å². The molecule has 1 saturated carbocycles. The predicted molar refractivity (Wildman–Crippen MR) is 77.3 cm³/mol. The fraction of sp³-hybridized carbons (Fsp3) is 0.938. The Bertz CT molecular complexity index is 283. The molecule has 1 N–H and O–H groups in total. The smallest absolute Gasteiger partial charge is 0.226 e. The van der Waals surface area contributed by atoms with Gasteiger partial charge < -0.3 is 5.32 Å². The molecule has 0 aromatic carbocycles. The quantitative estimate of drug-likeness (QED) is 0.806. The summed E-state index contributed by atoms with van der Waals surface area (Å²) in [7, 11) is 0. The first-order chi connectivity index (χ1) is 8.23. The van der Waals surface area contributed by atoms with Gasteiger partial charge in [0.2, 0.25) is 5.91 Å². The third-order valence-corrected chi connectivity index (χ3v) is 4.05. The van der Waals surface area contributed by atoms with Crippen molar-refractivity contribution in [3.8, 4) is 0 Å². The Morgan fingerprint density at radius 3 is 2.39 bits per heavy atom. The predicted octanol–water partition coefficient (Wildman–Crippen LogP) is 4.00. The van der Waals surface area contributed by atoms with Gasteiger partial charge in [-0.3, -0.25) is 4.79 Å². The van der Waals surface area contributed by atoms with Crippen LogP contribution in [0.25, 0.3) is 0 Å². The number of nitrogens with one attached hydrogen (secondary N) is 1. The van der Waals surface area contributed by atoms with Gasteiger partial charge in [0.05, 0.1) is 0 Å². The van der Waals surface area contributed by atoms with E-state index in [0.29, 0.717) is 5.92 Å². The zero-order chi connectivity index (χ0) is 13.9. The van der Waals surface area contributed by atoms with Crippen molar-refractivity contribution in [2.45, 2.75) is 73.3 Å². The minimum atomic E-state index is -0.151. The molecule has 3 unspecified atom stereocenters. The Labute approximate surface area is 113 Å². The zero-order valence-corrected chi connectivity index (χ0v) is 13.0. The normalized spacial score (nSPS) is 32.9. The third kappa shape index (κ3) is 4.29. The second-order valence-electron chi connectivity index (χ2n) is 7.43. The van der Waals surface area contributed by atoms with Gasteiger partial charge in [-0.05, 0) is 57.3 Å². The average molecular weight is 253 g/mol. The summed E-state index contributed by atoms with van der Waals surface area (Å²) in [5.74, 6) is 2.39. The third-order valence-electron chi connectivity index (χ3n) is 4.05. The Balaban J connectivity index is 2.71. The lowest BCUT2D eigenvalue weighted by Gasteiger charge is -2.41. The molecule has 0 bridgehead atoms. The van der Waals surface area contributed by atoms with Crippen LogP contribution < -0.4 is 5.32 Å². The topological polar surface area (TPSA) is 29.1 Å².